The molecule has 0 aliphatic heterocycles. The van der Waals surface area contributed by atoms with Gasteiger partial charge in [-0.3, -0.25) is 4.79 Å². The summed E-state index contributed by atoms with van der Waals surface area (Å²) in [7, 11) is 0. The van der Waals surface area contributed by atoms with E-state index in [1.54, 1.807) is 25.1 Å². The van der Waals surface area contributed by atoms with Crippen LogP contribution in [0, 0.1) is 0 Å². The standard InChI is InChI=1S/C18H16N2O4S/c1-12(14-6-4-10-23-14)19-16(21)11-24-18(22)9-8-17-20-13-5-2-3-7-15(13)25-17/h2-10,12H,11H2,1H3,(H,19,21)/b9-8+/t12-/m1/s1. The number of rotatable bonds is 6. The maximum atomic E-state index is 11.8. The first-order valence-corrected chi connectivity index (χ1v) is 8.46. The van der Waals surface area contributed by atoms with Gasteiger partial charge in [0.05, 0.1) is 22.5 Å². The highest BCUT2D eigenvalue weighted by Gasteiger charge is 2.12. The van der Waals surface area contributed by atoms with E-state index >= 15 is 0 Å². The summed E-state index contributed by atoms with van der Waals surface area (Å²) in [5, 5.41) is 3.39. The Hall–Kier alpha value is -2.93. The molecule has 1 N–H and O–H groups in total. The number of nitrogens with zero attached hydrogens (tertiary/aromatic N) is 1. The molecule has 25 heavy (non-hydrogen) atoms. The van der Waals surface area contributed by atoms with Crippen LogP contribution in [0.25, 0.3) is 16.3 Å². The second kappa shape index (κ2) is 7.76. The molecule has 1 amide bonds. The van der Waals surface area contributed by atoms with Gasteiger partial charge in [-0.25, -0.2) is 9.78 Å². The summed E-state index contributed by atoms with van der Waals surface area (Å²) in [4.78, 5) is 27.9. The van der Waals surface area contributed by atoms with E-state index in [4.69, 9.17) is 9.15 Å². The summed E-state index contributed by atoms with van der Waals surface area (Å²) < 4.78 is 11.2. The molecule has 2 aromatic heterocycles. The van der Waals surface area contributed by atoms with Crippen molar-refractivity contribution in [3.8, 4) is 0 Å². The number of furan rings is 1. The average Bonchev–Trinajstić information content (AvgIpc) is 3.27. The molecule has 128 valence electrons. The minimum Gasteiger partial charge on any atom is -0.467 e. The molecule has 0 bridgehead atoms. The fourth-order valence-electron chi connectivity index (χ4n) is 2.18. The van der Waals surface area contributed by atoms with Crippen LogP contribution in [-0.4, -0.2) is 23.5 Å². The number of benzene rings is 1. The van der Waals surface area contributed by atoms with Crippen molar-refractivity contribution in [3.63, 3.8) is 0 Å². The number of hydrogen-bond donors (Lipinski definition) is 1. The Labute approximate surface area is 148 Å². The fraction of sp³-hybridized carbons (Fsp3) is 0.167. The summed E-state index contributed by atoms with van der Waals surface area (Å²) in [6.45, 7) is 1.43. The molecule has 3 aromatic rings. The van der Waals surface area contributed by atoms with Crippen LogP contribution in [0.1, 0.15) is 23.7 Å². The maximum Gasteiger partial charge on any atom is 0.331 e. The number of ether oxygens (including phenoxy) is 1. The van der Waals surface area contributed by atoms with E-state index in [1.807, 2.05) is 24.3 Å². The lowest BCUT2D eigenvalue weighted by Gasteiger charge is -2.10. The Balaban J connectivity index is 1.48. The van der Waals surface area contributed by atoms with Crippen molar-refractivity contribution in [1.82, 2.24) is 10.3 Å². The molecule has 2 heterocycles. The van der Waals surface area contributed by atoms with E-state index in [2.05, 4.69) is 10.3 Å². The minimum absolute atomic E-state index is 0.292. The Kier molecular flexibility index (Phi) is 5.25. The van der Waals surface area contributed by atoms with Crippen LogP contribution in [0.5, 0.6) is 0 Å². The van der Waals surface area contributed by atoms with Crippen LogP contribution in [0.15, 0.2) is 53.2 Å². The monoisotopic (exact) mass is 356 g/mol. The Morgan fingerprint density at radius 1 is 1.32 bits per heavy atom. The summed E-state index contributed by atoms with van der Waals surface area (Å²) >= 11 is 1.48. The topological polar surface area (TPSA) is 81.4 Å². The molecule has 0 saturated heterocycles. The van der Waals surface area contributed by atoms with Gasteiger partial charge in [-0.2, -0.15) is 0 Å². The molecule has 3 rings (SSSR count). The number of amides is 1. The zero-order valence-electron chi connectivity index (χ0n) is 13.5. The predicted molar refractivity (Wildman–Crippen MR) is 94.9 cm³/mol. The third-order valence-electron chi connectivity index (χ3n) is 3.37. The van der Waals surface area contributed by atoms with Gasteiger partial charge in [0.25, 0.3) is 5.91 Å². The number of carbonyl (C=O) groups is 2. The average molecular weight is 356 g/mol. The maximum absolute atomic E-state index is 11.8. The van der Waals surface area contributed by atoms with Gasteiger partial charge < -0.3 is 14.5 Å². The molecule has 0 saturated carbocycles. The lowest BCUT2D eigenvalue weighted by molar-refractivity contribution is -0.144. The zero-order valence-corrected chi connectivity index (χ0v) is 14.3. The van der Waals surface area contributed by atoms with E-state index in [1.165, 1.54) is 23.7 Å². The van der Waals surface area contributed by atoms with Crippen LogP contribution in [0.4, 0.5) is 0 Å². The number of hydrogen-bond acceptors (Lipinski definition) is 6. The third kappa shape index (κ3) is 4.54. The van der Waals surface area contributed by atoms with Crippen molar-refractivity contribution in [2.24, 2.45) is 0 Å². The van der Waals surface area contributed by atoms with Crippen LogP contribution in [-0.2, 0) is 14.3 Å². The molecule has 0 fully saturated rings. The Bertz CT molecular complexity index is 866. The second-order valence-corrected chi connectivity index (χ2v) is 6.33. The molecule has 1 atom stereocenters. The van der Waals surface area contributed by atoms with Crippen molar-refractivity contribution in [2.45, 2.75) is 13.0 Å². The highest BCUT2D eigenvalue weighted by Crippen LogP contribution is 2.22. The van der Waals surface area contributed by atoms with Gasteiger partial charge in [0.2, 0.25) is 0 Å². The van der Waals surface area contributed by atoms with E-state index in [0.29, 0.717) is 10.8 Å². The van der Waals surface area contributed by atoms with Crippen molar-refractivity contribution in [3.05, 3.63) is 59.5 Å². The molecule has 7 heteroatoms. The number of carbonyl (C=O) groups excluding carboxylic acids is 2. The molecular weight excluding hydrogens is 340 g/mol. The predicted octanol–water partition coefficient (Wildman–Crippen LogP) is 3.32. The lowest BCUT2D eigenvalue weighted by Crippen LogP contribution is -2.30. The van der Waals surface area contributed by atoms with Crippen molar-refractivity contribution < 1.29 is 18.7 Å². The molecular formula is C18H16N2O4S. The molecule has 0 aliphatic rings. The SMILES string of the molecule is C[C@@H](NC(=O)COC(=O)/C=C/c1nc2ccccc2s1)c1ccco1. The fourth-order valence-corrected chi connectivity index (χ4v) is 3.05. The number of fused-ring (bicyclic) bond motifs is 1. The van der Waals surface area contributed by atoms with Crippen LogP contribution >= 0.6 is 11.3 Å². The third-order valence-corrected chi connectivity index (χ3v) is 4.37. The first-order chi connectivity index (χ1) is 12.1. The quantitative estimate of drug-likeness (QED) is 0.541. The second-order valence-electron chi connectivity index (χ2n) is 5.27. The van der Waals surface area contributed by atoms with Gasteiger partial charge in [-0.05, 0) is 37.3 Å². The van der Waals surface area contributed by atoms with Gasteiger partial charge in [0.15, 0.2) is 6.61 Å². The van der Waals surface area contributed by atoms with E-state index < -0.39 is 11.9 Å². The molecule has 0 aliphatic carbocycles. The first-order valence-electron chi connectivity index (χ1n) is 7.65. The normalized spacial score (nSPS) is 12.4. The Morgan fingerprint density at radius 3 is 2.92 bits per heavy atom. The zero-order chi connectivity index (χ0) is 17.6. The number of esters is 1. The van der Waals surface area contributed by atoms with Gasteiger partial charge in [-0.1, -0.05) is 12.1 Å². The molecule has 0 spiro atoms. The van der Waals surface area contributed by atoms with E-state index in [9.17, 15) is 9.59 Å². The van der Waals surface area contributed by atoms with Gasteiger partial charge in [0.1, 0.15) is 10.8 Å². The van der Waals surface area contributed by atoms with Crippen molar-refractivity contribution >= 4 is 39.5 Å². The number of para-hydroxylation sites is 1. The van der Waals surface area contributed by atoms with Gasteiger partial charge in [0, 0.05) is 6.08 Å². The van der Waals surface area contributed by atoms with Gasteiger partial charge in [-0.15, -0.1) is 11.3 Å². The van der Waals surface area contributed by atoms with E-state index in [0.717, 1.165) is 10.2 Å². The summed E-state index contributed by atoms with van der Waals surface area (Å²) in [6.07, 6.45) is 4.38. The first kappa shape index (κ1) is 16.9. The summed E-state index contributed by atoms with van der Waals surface area (Å²) in [6, 6.07) is 10.9. The smallest absolute Gasteiger partial charge is 0.331 e. The van der Waals surface area contributed by atoms with Crippen LogP contribution in [0.3, 0.4) is 0 Å². The minimum atomic E-state index is -0.597. The summed E-state index contributed by atoms with van der Waals surface area (Å²) in [5.74, 6) is -0.360. The molecule has 1 aromatic carbocycles. The number of nitrogens with one attached hydrogen (secondary N) is 1. The van der Waals surface area contributed by atoms with Crippen molar-refractivity contribution in [2.75, 3.05) is 6.61 Å². The number of aromatic nitrogens is 1. The Morgan fingerprint density at radius 2 is 2.16 bits per heavy atom. The largest absolute Gasteiger partial charge is 0.467 e. The highest BCUT2D eigenvalue weighted by atomic mass is 32.1. The molecule has 0 radical (unpaired) electrons. The van der Waals surface area contributed by atoms with Gasteiger partial charge >= 0.3 is 5.97 Å². The summed E-state index contributed by atoms with van der Waals surface area (Å²) in [5.41, 5.74) is 0.881. The molecule has 6 nitrogen and oxygen atoms in total. The van der Waals surface area contributed by atoms with Crippen molar-refractivity contribution in [1.29, 1.82) is 0 Å². The van der Waals surface area contributed by atoms with Crippen LogP contribution < -0.4 is 5.32 Å². The van der Waals surface area contributed by atoms with Crippen LogP contribution in [0.2, 0.25) is 0 Å². The highest BCUT2D eigenvalue weighted by molar-refractivity contribution is 7.19. The molecule has 0 unspecified atom stereocenters. The lowest BCUT2D eigenvalue weighted by atomic mass is 10.2. The number of thiazole rings is 1. The van der Waals surface area contributed by atoms with E-state index in [-0.39, 0.29) is 12.6 Å².